The highest BCUT2D eigenvalue weighted by Gasteiger charge is 2.30. The Balaban J connectivity index is 0.00000280. The minimum absolute atomic E-state index is 0. The van der Waals surface area contributed by atoms with Crippen molar-refractivity contribution in [1.29, 1.82) is 0 Å². The highest BCUT2D eigenvalue weighted by molar-refractivity contribution is 14.0. The second-order valence-corrected chi connectivity index (χ2v) is 8.57. The van der Waals surface area contributed by atoms with Crippen molar-refractivity contribution in [1.82, 2.24) is 20.4 Å². The second-order valence-electron chi connectivity index (χ2n) is 8.13. The summed E-state index contributed by atoms with van der Waals surface area (Å²) in [4.78, 5) is 9.29. The van der Waals surface area contributed by atoms with Crippen molar-refractivity contribution < 1.29 is 0 Å². The van der Waals surface area contributed by atoms with Crippen molar-refractivity contribution in [3.8, 4) is 0 Å². The molecule has 3 unspecified atom stereocenters. The third-order valence-corrected chi connectivity index (χ3v) is 6.23. The fourth-order valence-corrected chi connectivity index (χ4v) is 4.77. The monoisotopic (exact) mass is 519 g/mol. The van der Waals surface area contributed by atoms with Gasteiger partial charge in [-0.1, -0.05) is 23.7 Å². The van der Waals surface area contributed by atoms with E-state index in [1.165, 1.54) is 37.9 Å². The zero-order valence-electron chi connectivity index (χ0n) is 17.3. The molecule has 1 aromatic rings. The fraction of sp³-hybridized carbons (Fsp3) is 0.667. The van der Waals surface area contributed by atoms with Crippen LogP contribution in [0.25, 0.3) is 0 Å². The summed E-state index contributed by atoms with van der Waals surface area (Å²) < 4.78 is 0. The van der Waals surface area contributed by atoms with Crippen LogP contribution in [0.2, 0.25) is 5.02 Å². The van der Waals surface area contributed by atoms with Crippen LogP contribution in [-0.4, -0.2) is 69.6 Å². The first-order chi connectivity index (χ1) is 13.1. The molecule has 28 heavy (non-hydrogen) atoms. The van der Waals surface area contributed by atoms with Gasteiger partial charge in [-0.25, -0.2) is 0 Å². The van der Waals surface area contributed by atoms with E-state index in [0.717, 1.165) is 30.6 Å². The second kappa shape index (κ2) is 11.6. The van der Waals surface area contributed by atoms with Crippen molar-refractivity contribution in [2.24, 2.45) is 16.8 Å². The number of rotatable bonds is 5. The number of benzene rings is 1. The predicted octanol–water partition coefficient (Wildman–Crippen LogP) is 3.46. The van der Waals surface area contributed by atoms with Gasteiger partial charge in [-0.05, 0) is 76.0 Å². The molecular weight excluding hydrogens is 485 g/mol. The van der Waals surface area contributed by atoms with E-state index >= 15 is 0 Å². The molecule has 2 heterocycles. The van der Waals surface area contributed by atoms with Crippen LogP contribution in [0.1, 0.15) is 30.9 Å². The summed E-state index contributed by atoms with van der Waals surface area (Å²) in [6, 6.07) is 8.73. The molecule has 7 heteroatoms. The summed E-state index contributed by atoms with van der Waals surface area (Å²) in [5, 5.41) is 7.92. The molecule has 2 aliphatic heterocycles. The highest BCUT2D eigenvalue weighted by atomic mass is 127. The lowest BCUT2D eigenvalue weighted by Gasteiger charge is -2.40. The molecule has 1 aromatic carbocycles. The maximum absolute atomic E-state index is 6.26. The first kappa shape index (κ1) is 23.7. The smallest absolute Gasteiger partial charge is 0.190 e. The van der Waals surface area contributed by atoms with E-state index in [4.69, 9.17) is 11.6 Å². The summed E-state index contributed by atoms with van der Waals surface area (Å²) in [6.45, 7) is 5.43. The van der Waals surface area contributed by atoms with E-state index < -0.39 is 0 Å². The van der Waals surface area contributed by atoms with Crippen LogP contribution in [-0.2, 0) is 0 Å². The van der Waals surface area contributed by atoms with Crippen molar-refractivity contribution >= 4 is 41.5 Å². The average molecular weight is 520 g/mol. The zero-order valence-corrected chi connectivity index (χ0v) is 20.4. The molecule has 5 nitrogen and oxygen atoms in total. The number of aliphatic imine (C=N–C) groups is 1. The van der Waals surface area contributed by atoms with Gasteiger partial charge in [0.2, 0.25) is 0 Å². The molecule has 2 saturated heterocycles. The Kier molecular flexibility index (Phi) is 9.80. The number of likely N-dealkylation sites (tertiary alicyclic amines) is 2. The fourth-order valence-electron chi connectivity index (χ4n) is 4.57. The molecule has 158 valence electrons. The van der Waals surface area contributed by atoms with Crippen LogP contribution in [0.3, 0.4) is 0 Å². The SMILES string of the molecule is CN=C(NCC1CCN(C)C1)NCC1CCCN(C)C1c1cccc(Cl)c1.I. The van der Waals surface area contributed by atoms with Gasteiger partial charge >= 0.3 is 0 Å². The minimum atomic E-state index is 0. The van der Waals surface area contributed by atoms with E-state index in [-0.39, 0.29) is 24.0 Å². The third-order valence-electron chi connectivity index (χ3n) is 6.00. The zero-order chi connectivity index (χ0) is 19.2. The van der Waals surface area contributed by atoms with Gasteiger partial charge in [0.05, 0.1) is 0 Å². The Bertz CT molecular complexity index is 641. The summed E-state index contributed by atoms with van der Waals surface area (Å²) >= 11 is 6.26. The number of nitrogens with one attached hydrogen (secondary N) is 2. The van der Waals surface area contributed by atoms with Gasteiger partial charge in [0.15, 0.2) is 5.96 Å². The van der Waals surface area contributed by atoms with Crippen molar-refractivity contribution in [3.05, 3.63) is 34.9 Å². The van der Waals surface area contributed by atoms with E-state index in [9.17, 15) is 0 Å². The standard InChI is InChI=1S/C21H34ClN5.HI/c1-23-21(24-13-16-9-11-26(2)15-16)25-14-18-7-5-10-27(3)20(18)17-6-4-8-19(22)12-17;/h4,6,8,12,16,18,20H,5,7,9-11,13-15H2,1-3H3,(H2,23,24,25);1H. The van der Waals surface area contributed by atoms with Crippen molar-refractivity contribution in [2.45, 2.75) is 25.3 Å². The van der Waals surface area contributed by atoms with E-state index in [0.29, 0.717) is 17.9 Å². The van der Waals surface area contributed by atoms with E-state index in [1.54, 1.807) is 0 Å². The molecule has 0 radical (unpaired) electrons. The van der Waals surface area contributed by atoms with Crippen LogP contribution in [0, 0.1) is 11.8 Å². The first-order valence-electron chi connectivity index (χ1n) is 10.2. The first-order valence-corrected chi connectivity index (χ1v) is 10.5. The van der Waals surface area contributed by atoms with Gasteiger partial charge < -0.3 is 15.5 Å². The summed E-state index contributed by atoms with van der Waals surface area (Å²) in [6.07, 6.45) is 3.73. The Hall–Kier alpha value is -0.570. The predicted molar refractivity (Wildman–Crippen MR) is 130 cm³/mol. The Morgan fingerprint density at radius 3 is 2.64 bits per heavy atom. The minimum Gasteiger partial charge on any atom is -0.356 e. The summed E-state index contributed by atoms with van der Waals surface area (Å²) in [7, 11) is 6.28. The Morgan fingerprint density at radius 2 is 1.96 bits per heavy atom. The molecule has 2 N–H and O–H groups in total. The largest absolute Gasteiger partial charge is 0.356 e. The molecule has 0 aliphatic carbocycles. The summed E-state index contributed by atoms with van der Waals surface area (Å²) in [5.74, 6) is 2.18. The molecule has 0 amide bonds. The molecule has 0 bridgehead atoms. The molecule has 0 aromatic heterocycles. The maximum Gasteiger partial charge on any atom is 0.190 e. The molecule has 3 atom stereocenters. The Labute approximate surface area is 192 Å². The number of guanidine groups is 1. The topological polar surface area (TPSA) is 42.9 Å². The Morgan fingerprint density at radius 1 is 1.18 bits per heavy atom. The number of nitrogens with zero attached hydrogens (tertiary/aromatic N) is 3. The van der Waals surface area contributed by atoms with Gasteiger partial charge in [-0.2, -0.15) is 0 Å². The van der Waals surface area contributed by atoms with Gasteiger partial charge in [-0.15, -0.1) is 24.0 Å². The highest BCUT2D eigenvalue weighted by Crippen LogP contribution is 2.35. The van der Waals surface area contributed by atoms with Crippen LogP contribution in [0.15, 0.2) is 29.3 Å². The number of hydrogen-bond donors (Lipinski definition) is 2. The molecule has 0 saturated carbocycles. The molecule has 2 aliphatic rings. The van der Waals surface area contributed by atoms with E-state index in [1.807, 2.05) is 13.1 Å². The van der Waals surface area contributed by atoms with E-state index in [2.05, 4.69) is 57.7 Å². The quantitative estimate of drug-likeness (QED) is 0.355. The normalized spacial score (nSPS) is 26.7. The van der Waals surface area contributed by atoms with Crippen LogP contribution in [0.5, 0.6) is 0 Å². The van der Waals surface area contributed by atoms with Gasteiger partial charge in [-0.3, -0.25) is 9.89 Å². The number of piperidine rings is 1. The van der Waals surface area contributed by atoms with Crippen LogP contribution >= 0.6 is 35.6 Å². The lowest BCUT2D eigenvalue weighted by molar-refractivity contribution is 0.122. The van der Waals surface area contributed by atoms with Crippen molar-refractivity contribution in [2.75, 3.05) is 53.9 Å². The van der Waals surface area contributed by atoms with Crippen LogP contribution < -0.4 is 10.6 Å². The third kappa shape index (κ3) is 6.47. The molecule has 0 spiro atoms. The summed E-state index contributed by atoms with van der Waals surface area (Å²) in [5.41, 5.74) is 1.31. The van der Waals surface area contributed by atoms with Crippen LogP contribution in [0.4, 0.5) is 0 Å². The lowest BCUT2D eigenvalue weighted by Crippen LogP contribution is -2.46. The van der Waals surface area contributed by atoms with Crippen molar-refractivity contribution in [3.63, 3.8) is 0 Å². The lowest BCUT2D eigenvalue weighted by atomic mass is 9.85. The average Bonchev–Trinajstić information content (AvgIpc) is 3.07. The molecule has 2 fully saturated rings. The molecule has 3 rings (SSSR count). The van der Waals surface area contributed by atoms with Gasteiger partial charge in [0.1, 0.15) is 0 Å². The number of halogens is 2. The molecular formula is C21H35ClIN5. The maximum atomic E-state index is 6.26. The van der Waals surface area contributed by atoms with Gasteiger partial charge in [0, 0.05) is 37.7 Å². The van der Waals surface area contributed by atoms with Gasteiger partial charge in [0.25, 0.3) is 0 Å². The number of hydrogen-bond acceptors (Lipinski definition) is 3.